The molecule has 0 unspecified atom stereocenters. The van der Waals surface area contributed by atoms with Crippen LogP contribution < -0.4 is 9.61 Å². The van der Waals surface area contributed by atoms with Gasteiger partial charge in [0.1, 0.15) is 11.3 Å². The number of H-pyrrole nitrogens is 1. The molecule has 5 nitrogen and oxygen atoms in total. The second-order valence-corrected chi connectivity index (χ2v) is 8.01. The lowest BCUT2D eigenvalue weighted by molar-refractivity contribution is -0.138. The number of ether oxygens (including phenoxy) is 1. The first-order chi connectivity index (χ1) is 13.7. The van der Waals surface area contributed by atoms with Gasteiger partial charge in [0, 0.05) is 12.1 Å². The zero-order valence-corrected chi connectivity index (χ0v) is 16.2. The molecule has 1 aliphatic carbocycles. The molecule has 9 heteroatoms. The summed E-state index contributed by atoms with van der Waals surface area (Å²) in [5.41, 5.74) is 1.32. The number of hydrogen-bond acceptors (Lipinski definition) is 5. The topological polar surface area (TPSA) is 75.2 Å². The lowest BCUT2D eigenvalue weighted by Crippen LogP contribution is -2.11. The molecular weight excluding hydrogens is 405 g/mol. The van der Waals surface area contributed by atoms with Gasteiger partial charge in [-0.2, -0.15) is 13.2 Å². The third-order valence-corrected chi connectivity index (χ3v) is 5.89. The van der Waals surface area contributed by atoms with Crippen molar-refractivity contribution in [1.82, 2.24) is 9.97 Å². The predicted molar refractivity (Wildman–Crippen MR) is 102 cm³/mol. The van der Waals surface area contributed by atoms with Crippen LogP contribution in [0.15, 0.2) is 35.3 Å². The Bertz CT molecular complexity index is 1120. The Morgan fingerprint density at radius 3 is 2.79 bits per heavy atom. The molecule has 0 aliphatic heterocycles. The van der Waals surface area contributed by atoms with E-state index >= 15 is 0 Å². The van der Waals surface area contributed by atoms with E-state index in [1.165, 1.54) is 13.1 Å². The molecule has 3 aromatic rings. The van der Waals surface area contributed by atoms with Gasteiger partial charge < -0.3 is 9.84 Å². The van der Waals surface area contributed by atoms with Crippen molar-refractivity contribution in [3.63, 3.8) is 0 Å². The minimum absolute atomic E-state index is 0.128. The van der Waals surface area contributed by atoms with Crippen molar-refractivity contribution in [2.75, 3.05) is 0 Å². The van der Waals surface area contributed by atoms with E-state index < -0.39 is 17.6 Å². The fourth-order valence-electron chi connectivity index (χ4n) is 3.65. The lowest BCUT2D eigenvalue weighted by Gasteiger charge is -2.25. The molecule has 0 saturated carbocycles. The number of alkyl halides is 3. The molecule has 0 saturated heterocycles. The van der Waals surface area contributed by atoms with Gasteiger partial charge in [-0.15, -0.1) is 0 Å². The Balaban J connectivity index is 1.68. The highest BCUT2D eigenvalue weighted by atomic mass is 32.1. The molecule has 4 rings (SSSR count). The van der Waals surface area contributed by atoms with Crippen molar-refractivity contribution in [2.45, 2.75) is 38.3 Å². The number of thiazole rings is 1. The number of aromatic amines is 1. The first-order valence-electron chi connectivity index (χ1n) is 8.99. The van der Waals surface area contributed by atoms with Crippen LogP contribution in [0.5, 0.6) is 17.5 Å². The second-order valence-electron chi connectivity index (χ2n) is 7.00. The number of hydrogen-bond donors (Lipinski definition) is 2. The third-order valence-electron chi connectivity index (χ3n) is 4.91. The highest BCUT2D eigenvalue weighted by molar-refractivity contribution is 7.09. The Labute approximate surface area is 167 Å². The normalized spacial score (nSPS) is 16.5. The van der Waals surface area contributed by atoms with Crippen molar-refractivity contribution in [3.05, 3.63) is 67.3 Å². The van der Waals surface area contributed by atoms with Gasteiger partial charge in [0.2, 0.25) is 11.8 Å². The maximum absolute atomic E-state index is 13.3. The van der Waals surface area contributed by atoms with Gasteiger partial charge in [-0.3, -0.25) is 9.78 Å². The number of fused-ring (bicyclic) bond motifs is 1. The summed E-state index contributed by atoms with van der Waals surface area (Å²) in [6, 6.07) is 6.08. The van der Waals surface area contributed by atoms with Gasteiger partial charge in [-0.1, -0.05) is 17.4 Å². The first-order valence-corrected chi connectivity index (χ1v) is 9.80. The van der Waals surface area contributed by atoms with Crippen LogP contribution in [0, 0.1) is 6.92 Å². The molecule has 0 fully saturated rings. The van der Waals surface area contributed by atoms with Gasteiger partial charge in [-0.25, -0.2) is 4.98 Å². The Morgan fingerprint density at radius 1 is 1.31 bits per heavy atom. The molecule has 1 aliphatic rings. The molecule has 29 heavy (non-hydrogen) atoms. The average Bonchev–Trinajstić information content (AvgIpc) is 2.99. The smallest absolute Gasteiger partial charge is 0.421 e. The van der Waals surface area contributed by atoms with E-state index in [2.05, 4.69) is 9.97 Å². The molecule has 2 N–H and O–H groups in total. The van der Waals surface area contributed by atoms with Gasteiger partial charge in [-0.05, 0) is 61.1 Å². The molecule has 0 spiro atoms. The van der Waals surface area contributed by atoms with Crippen LogP contribution >= 0.6 is 11.3 Å². The summed E-state index contributed by atoms with van der Waals surface area (Å²) in [5, 5.41) is 10.0. The number of pyridine rings is 1. The van der Waals surface area contributed by atoms with Crippen LogP contribution in [0.4, 0.5) is 13.2 Å². The molecule has 152 valence electrons. The van der Waals surface area contributed by atoms with Gasteiger partial charge in [0.25, 0.3) is 0 Å². The number of benzene rings is 1. The Kier molecular flexibility index (Phi) is 4.85. The van der Waals surface area contributed by atoms with E-state index in [1.54, 1.807) is 18.2 Å². The minimum Gasteiger partial charge on any atom is -0.494 e. The second kappa shape index (κ2) is 7.22. The maximum Gasteiger partial charge on any atom is 0.421 e. The summed E-state index contributed by atoms with van der Waals surface area (Å²) >= 11 is 0.970. The van der Waals surface area contributed by atoms with Gasteiger partial charge in [0.05, 0.1) is 4.88 Å². The fourth-order valence-corrected chi connectivity index (χ4v) is 4.53. The highest BCUT2D eigenvalue weighted by Gasteiger charge is 2.36. The minimum atomic E-state index is -4.57. The Morgan fingerprint density at radius 2 is 2.10 bits per heavy atom. The zero-order valence-electron chi connectivity index (χ0n) is 15.3. The first kappa shape index (κ1) is 19.5. The molecule has 0 amide bonds. The summed E-state index contributed by atoms with van der Waals surface area (Å²) < 4.78 is 45.4. The molecule has 2 aromatic heterocycles. The van der Waals surface area contributed by atoms with Gasteiger partial charge in [0.15, 0.2) is 0 Å². The molecule has 0 bridgehead atoms. The number of aryl methyl sites for hydroxylation is 2. The monoisotopic (exact) mass is 422 g/mol. The number of nitrogens with zero attached hydrogens (tertiary/aromatic N) is 1. The molecule has 2 heterocycles. The van der Waals surface area contributed by atoms with Crippen molar-refractivity contribution < 1.29 is 23.0 Å². The summed E-state index contributed by atoms with van der Waals surface area (Å²) in [7, 11) is 0. The number of halogens is 3. The number of aromatic nitrogens is 2. The number of rotatable bonds is 3. The molecule has 0 radical (unpaired) electrons. The van der Waals surface area contributed by atoms with Crippen LogP contribution in [0.1, 0.15) is 45.9 Å². The average molecular weight is 422 g/mol. The maximum atomic E-state index is 13.3. The summed E-state index contributed by atoms with van der Waals surface area (Å²) in [6.45, 7) is 1.54. The van der Waals surface area contributed by atoms with E-state index in [4.69, 9.17) is 4.74 Å². The predicted octanol–water partition coefficient (Wildman–Crippen LogP) is 5.12. The third kappa shape index (κ3) is 3.87. The summed E-state index contributed by atoms with van der Waals surface area (Å²) in [4.78, 5) is 18.0. The van der Waals surface area contributed by atoms with E-state index in [0.29, 0.717) is 10.4 Å². The Hall–Kier alpha value is -2.81. The molecule has 1 atom stereocenters. The van der Waals surface area contributed by atoms with Gasteiger partial charge >= 0.3 is 11.0 Å². The summed E-state index contributed by atoms with van der Waals surface area (Å²) in [5.74, 6) is -0.494. The van der Waals surface area contributed by atoms with Crippen LogP contribution in [-0.4, -0.2) is 15.1 Å². The van der Waals surface area contributed by atoms with E-state index in [0.717, 1.165) is 47.8 Å². The van der Waals surface area contributed by atoms with Crippen molar-refractivity contribution in [1.29, 1.82) is 0 Å². The van der Waals surface area contributed by atoms with Crippen LogP contribution in [0.2, 0.25) is 0 Å². The van der Waals surface area contributed by atoms with E-state index in [-0.39, 0.29) is 22.4 Å². The molecule has 1 aromatic carbocycles. The molecular formula is C20H17F3N2O3S. The largest absolute Gasteiger partial charge is 0.494 e. The SMILES string of the molecule is Cc1cnc(Oc2ccc3c(c2)CCC[C@H]3c2sc(=O)[nH]c2O)c(C(F)(F)F)c1. The van der Waals surface area contributed by atoms with Crippen LogP contribution in [0.3, 0.4) is 0 Å². The van der Waals surface area contributed by atoms with Crippen LogP contribution in [-0.2, 0) is 12.6 Å². The van der Waals surface area contributed by atoms with E-state index in [9.17, 15) is 23.1 Å². The fraction of sp³-hybridized carbons (Fsp3) is 0.300. The quantitative estimate of drug-likeness (QED) is 0.614. The summed E-state index contributed by atoms with van der Waals surface area (Å²) in [6.07, 6.45) is -0.918. The van der Waals surface area contributed by atoms with Crippen LogP contribution in [0.25, 0.3) is 0 Å². The highest BCUT2D eigenvalue weighted by Crippen LogP contribution is 2.43. The van der Waals surface area contributed by atoms with Crippen molar-refractivity contribution in [2.24, 2.45) is 0 Å². The zero-order chi connectivity index (χ0) is 20.8. The van der Waals surface area contributed by atoms with E-state index in [1.807, 2.05) is 0 Å². The number of aromatic hydroxyl groups is 1. The standard InChI is InChI=1S/C20H17F3N2O3S/c1-10-7-15(20(21,22)23)18(24-9-10)28-12-5-6-13-11(8-12)3-2-4-14(13)16-17(26)25-19(27)29-16/h5-9,14,26H,2-4H2,1H3,(H,25,27)/t14-/m1/s1. The van der Waals surface area contributed by atoms with Crippen molar-refractivity contribution >= 4 is 11.3 Å². The van der Waals surface area contributed by atoms with Crippen molar-refractivity contribution in [3.8, 4) is 17.5 Å². The number of nitrogens with one attached hydrogen (secondary N) is 1. The lowest BCUT2D eigenvalue weighted by atomic mass is 9.82.